The molecule has 1 aliphatic heterocycles. The highest BCUT2D eigenvalue weighted by atomic mass is 79.9. The minimum atomic E-state index is 0.744. The van der Waals surface area contributed by atoms with Crippen LogP contribution in [0.1, 0.15) is 12.1 Å². The van der Waals surface area contributed by atoms with Gasteiger partial charge in [0.15, 0.2) is 0 Å². The Labute approximate surface area is 96.6 Å². The van der Waals surface area contributed by atoms with Gasteiger partial charge in [0.1, 0.15) is 5.82 Å². The molecule has 1 aromatic heterocycles. The molecule has 3 nitrogen and oxygen atoms in total. The summed E-state index contributed by atoms with van der Waals surface area (Å²) in [6.07, 6.45) is 1.29. The number of rotatable bonds is 2. The fourth-order valence-corrected chi connectivity index (χ4v) is 3.24. The van der Waals surface area contributed by atoms with Crippen molar-refractivity contribution < 1.29 is 0 Å². The van der Waals surface area contributed by atoms with Crippen molar-refractivity contribution in [3.05, 3.63) is 10.2 Å². The molecule has 0 bridgehead atoms. The maximum absolute atomic E-state index is 5.93. The third-order valence-electron chi connectivity index (χ3n) is 2.55. The van der Waals surface area contributed by atoms with Crippen molar-refractivity contribution >= 4 is 33.5 Å². The standard InChI is InChI=1S/C9H14BrN3S/c1-6-8(10)9(11)13(12-6)4-7-2-3-14-5-7/h7H,2-5,11H2,1H3. The first-order valence-electron chi connectivity index (χ1n) is 4.74. The van der Waals surface area contributed by atoms with Gasteiger partial charge in [-0.1, -0.05) is 0 Å². The number of thioether (sulfide) groups is 1. The summed E-state index contributed by atoms with van der Waals surface area (Å²) in [6, 6.07) is 0. The first-order chi connectivity index (χ1) is 6.68. The molecule has 1 aromatic rings. The average Bonchev–Trinajstić information content (AvgIpc) is 2.73. The lowest BCUT2D eigenvalue weighted by Crippen LogP contribution is -2.13. The normalized spacial score (nSPS) is 21.7. The highest BCUT2D eigenvalue weighted by Crippen LogP contribution is 2.28. The molecular formula is C9H14BrN3S. The fraction of sp³-hybridized carbons (Fsp3) is 0.667. The second-order valence-electron chi connectivity index (χ2n) is 3.70. The van der Waals surface area contributed by atoms with E-state index in [2.05, 4.69) is 21.0 Å². The Balaban J connectivity index is 2.12. The highest BCUT2D eigenvalue weighted by Gasteiger charge is 2.18. The Hall–Kier alpha value is -0.160. The summed E-state index contributed by atoms with van der Waals surface area (Å²) in [5.41, 5.74) is 6.91. The molecule has 0 saturated carbocycles. The monoisotopic (exact) mass is 275 g/mol. The number of nitrogens with two attached hydrogens (primary N) is 1. The van der Waals surface area contributed by atoms with E-state index in [4.69, 9.17) is 5.73 Å². The Kier molecular flexibility index (Phi) is 3.07. The van der Waals surface area contributed by atoms with Gasteiger partial charge in [-0.25, -0.2) is 4.68 Å². The molecule has 0 aromatic carbocycles. The van der Waals surface area contributed by atoms with E-state index >= 15 is 0 Å². The summed E-state index contributed by atoms with van der Waals surface area (Å²) >= 11 is 5.46. The van der Waals surface area contributed by atoms with E-state index in [1.165, 1.54) is 17.9 Å². The van der Waals surface area contributed by atoms with Crippen LogP contribution in [0.2, 0.25) is 0 Å². The van der Waals surface area contributed by atoms with Crippen LogP contribution in [0.3, 0.4) is 0 Å². The van der Waals surface area contributed by atoms with Crippen molar-refractivity contribution in [2.45, 2.75) is 19.9 Å². The van der Waals surface area contributed by atoms with Gasteiger partial charge in [-0.05, 0) is 46.7 Å². The van der Waals surface area contributed by atoms with Gasteiger partial charge in [-0.2, -0.15) is 16.9 Å². The van der Waals surface area contributed by atoms with Gasteiger partial charge < -0.3 is 5.73 Å². The van der Waals surface area contributed by atoms with Crippen LogP contribution in [0.15, 0.2) is 4.47 Å². The van der Waals surface area contributed by atoms with Crippen LogP contribution in [0.5, 0.6) is 0 Å². The number of aryl methyl sites for hydroxylation is 1. The molecule has 2 rings (SSSR count). The van der Waals surface area contributed by atoms with Crippen molar-refractivity contribution in [1.82, 2.24) is 9.78 Å². The zero-order valence-electron chi connectivity index (χ0n) is 8.16. The molecule has 1 saturated heterocycles. The van der Waals surface area contributed by atoms with Gasteiger partial charge in [0, 0.05) is 6.54 Å². The van der Waals surface area contributed by atoms with Crippen molar-refractivity contribution in [3.8, 4) is 0 Å². The zero-order valence-corrected chi connectivity index (χ0v) is 10.6. The molecule has 1 unspecified atom stereocenters. The number of halogens is 1. The van der Waals surface area contributed by atoms with Crippen molar-refractivity contribution in [3.63, 3.8) is 0 Å². The van der Waals surface area contributed by atoms with Crippen LogP contribution < -0.4 is 5.73 Å². The molecule has 2 N–H and O–H groups in total. The minimum Gasteiger partial charge on any atom is -0.383 e. The molecule has 0 aliphatic carbocycles. The average molecular weight is 276 g/mol. The van der Waals surface area contributed by atoms with Crippen LogP contribution in [0.4, 0.5) is 5.82 Å². The van der Waals surface area contributed by atoms with Crippen LogP contribution in [-0.4, -0.2) is 21.3 Å². The molecule has 1 aliphatic rings. The van der Waals surface area contributed by atoms with Crippen molar-refractivity contribution in [2.24, 2.45) is 5.92 Å². The molecule has 2 heterocycles. The third-order valence-corrected chi connectivity index (χ3v) is 4.76. The lowest BCUT2D eigenvalue weighted by Gasteiger charge is -2.09. The highest BCUT2D eigenvalue weighted by molar-refractivity contribution is 9.10. The lowest BCUT2D eigenvalue weighted by molar-refractivity contribution is 0.462. The number of nitrogen functional groups attached to an aromatic ring is 1. The van der Waals surface area contributed by atoms with Gasteiger partial charge in [0.2, 0.25) is 0 Å². The summed E-state index contributed by atoms with van der Waals surface area (Å²) < 4.78 is 2.87. The van der Waals surface area contributed by atoms with Crippen LogP contribution in [0, 0.1) is 12.8 Å². The van der Waals surface area contributed by atoms with Gasteiger partial charge >= 0.3 is 0 Å². The number of nitrogens with zero attached hydrogens (tertiary/aromatic N) is 2. The van der Waals surface area contributed by atoms with Crippen molar-refractivity contribution in [1.29, 1.82) is 0 Å². The quantitative estimate of drug-likeness (QED) is 0.901. The molecule has 14 heavy (non-hydrogen) atoms. The smallest absolute Gasteiger partial charge is 0.136 e. The maximum atomic E-state index is 5.93. The van der Waals surface area contributed by atoms with E-state index in [9.17, 15) is 0 Å². The zero-order chi connectivity index (χ0) is 10.1. The predicted molar refractivity (Wildman–Crippen MR) is 64.5 cm³/mol. The maximum Gasteiger partial charge on any atom is 0.136 e. The summed E-state index contributed by atoms with van der Waals surface area (Å²) in [5.74, 6) is 4.04. The van der Waals surface area contributed by atoms with E-state index < -0.39 is 0 Å². The van der Waals surface area contributed by atoms with E-state index in [-0.39, 0.29) is 0 Å². The molecule has 0 spiro atoms. The predicted octanol–water partition coefficient (Wildman–Crippen LogP) is 2.29. The number of hydrogen-bond acceptors (Lipinski definition) is 3. The number of hydrogen-bond donors (Lipinski definition) is 1. The first kappa shape index (κ1) is 10.4. The Morgan fingerprint density at radius 3 is 3.00 bits per heavy atom. The Morgan fingerprint density at radius 1 is 1.71 bits per heavy atom. The number of anilines is 1. The summed E-state index contributed by atoms with van der Waals surface area (Å²) in [4.78, 5) is 0. The molecular weight excluding hydrogens is 262 g/mol. The van der Waals surface area contributed by atoms with Gasteiger partial charge in [0.05, 0.1) is 10.2 Å². The van der Waals surface area contributed by atoms with E-state index in [1.54, 1.807) is 0 Å². The fourth-order valence-electron chi connectivity index (χ4n) is 1.69. The summed E-state index contributed by atoms with van der Waals surface area (Å²) in [5, 5.41) is 4.41. The first-order valence-corrected chi connectivity index (χ1v) is 6.69. The second-order valence-corrected chi connectivity index (χ2v) is 5.64. The van der Waals surface area contributed by atoms with Crippen LogP contribution in [0.25, 0.3) is 0 Å². The molecule has 0 radical (unpaired) electrons. The van der Waals surface area contributed by atoms with Crippen molar-refractivity contribution in [2.75, 3.05) is 17.2 Å². The molecule has 78 valence electrons. The summed E-state index contributed by atoms with van der Waals surface area (Å²) in [7, 11) is 0. The van der Waals surface area contributed by atoms with Crippen LogP contribution in [-0.2, 0) is 6.54 Å². The SMILES string of the molecule is Cc1nn(CC2CCSC2)c(N)c1Br. The molecule has 1 fully saturated rings. The largest absolute Gasteiger partial charge is 0.383 e. The van der Waals surface area contributed by atoms with E-state index in [1.807, 2.05) is 23.4 Å². The van der Waals surface area contributed by atoms with E-state index in [0.717, 1.165) is 28.4 Å². The minimum absolute atomic E-state index is 0.744. The molecule has 0 amide bonds. The lowest BCUT2D eigenvalue weighted by atomic mass is 10.1. The van der Waals surface area contributed by atoms with Crippen LogP contribution >= 0.6 is 27.7 Å². The Morgan fingerprint density at radius 2 is 2.50 bits per heavy atom. The van der Waals surface area contributed by atoms with Gasteiger partial charge in [0.25, 0.3) is 0 Å². The molecule has 5 heteroatoms. The van der Waals surface area contributed by atoms with Gasteiger partial charge in [-0.15, -0.1) is 0 Å². The number of aromatic nitrogens is 2. The summed E-state index contributed by atoms with van der Waals surface area (Å²) in [6.45, 7) is 2.94. The van der Waals surface area contributed by atoms with Gasteiger partial charge in [-0.3, -0.25) is 0 Å². The van der Waals surface area contributed by atoms with E-state index in [0.29, 0.717) is 0 Å². The second kappa shape index (κ2) is 4.14. The third kappa shape index (κ3) is 1.93. The topological polar surface area (TPSA) is 43.8 Å². The Bertz CT molecular complexity index is 331. The molecule has 1 atom stereocenters.